The van der Waals surface area contributed by atoms with Crippen LogP contribution in [-0.2, 0) is 20.7 Å². The number of rotatable bonds is 14. The van der Waals surface area contributed by atoms with E-state index in [4.69, 9.17) is 16.2 Å². The highest BCUT2D eigenvalue weighted by Gasteiger charge is 2.46. The molecule has 1 fully saturated rings. The molecular formula is C22H35N3O4S2. The number of benzene rings is 1. The van der Waals surface area contributed by atoms with Gasteiger partial charge in [0.05, 0.1) is 0 Å². The van der Waals surface area contributed by atoms with Gasteiger partial charge < -0.3 is 21.3 Å². The summed E-state index contributed by atoms with van der Waals surface area (Å²) in [6.45, 7) is 1.71. The van der Waals surface area contributed by atoms with E-state index in [-0.39, 0.29) is 25.1 Å². The summed E-state index contributed by atoms with van der Waals surface area (Å²) in [4.78, 5) is 27.7. The Bertz CT molecular complexity index is 703. The number of ketones is 1. The van der Waals surface area contributed by atoms with Gasteiger partial charge in [-0.05, 0) is 36.8 Å². The van der Waals surface area contributed by atoms with E-state index in [0.29, 0.717) is 17.9 Å². The number of carboxylic acids is 1. The summed E-state index contributed by atoms with van der Waals surface area (Å²) >= 11 is 5.74. The molecule has 4 atom stereocenters. The molecule has 1 saturated heterocycles. The monoisotopic (exact) mass is 469 g/mol. The van der Waals surface area contributed by atoms with E-state index in [0.717, 1.165) is 31.5 Å². The minimum atomic E-state index is -2.00. The third kappa shape index (κ3) is 7.47. The lowest BCUT2D eigenvalue weighted by Gasteiger charge is -2.35. The Kier molecular flexibility index (Phi) is 10.8. The van der Waals surface area contributed by atoms with Gasteiger partial charge in [0.15, 0.2) is 11.3 Å². The Morgan fingerprint density at radius 1 is 1.29 bits per heavy atom. The van der Waals surface area contributed by atoms with Crippen molar-refractivity contribution < 1.29 is 19.4 Å². The number of thiol groups is 1. The molecule has 1 aromatic rings. The Labute approximate surface area is 194 Å². The van der Waals surface area contributed by atoms with Crippen molar-refractivity contribution in [2.75, 3.05) is 30.9 Å². The molecule has 1 aliphatic heterocycles. The van der Waals surface area contributed by atoms with E-state index in [2.05, 4.69) is 17.5 Å². The highest BCUT2D eigenvalue weighted by Crippen LogP contribution is 2.24. The van der Waals surface area contributed by atoms with Gasteiger partial charge >= 0.3 is 5.97 Å². The van der Waals surface area contributed by atoms with E-state index in [1.54, 1.807) is 0 Å². The smallest absolute Gasteiger partial charge is 0.331 e. The van der Waals surface area contributed by atoms with E-state index < -0.39 is 23.4 Å². The predicted molar refractivity (Wildman–Crippen MR) is 129 cm³/mol. The summed E-state index contributed by atoms with van der Waals surface area (Å²) in [6.07, 6.45) is 3.40. The summed E-state index contributed by atoms with van der Waals surface area (Å²) < 4.78 is 6.36. The van der Waals surface area contributed by atoms with Crippen LogP contribution < -0.4 is 11.5 Å². The second-order valence-electron chi connectivity index (χ2n) is 8.07. The first kappa shape index (κ1) is 26.2. The Balaban J connectivity index is 2.33. The predicted octanol–water partition coefficient (Wildman–Crippen LogP) is 1.79. The number of carbonyl (C=O) groups excluding carboxylic acids is 1. The molecule has 0 bridgehead atoms. The average molecular weight is 470 g/mol. The van der Waals surface area contributed by atoms with Gasteiger partial charge in [-0.15, -0.1) is 0 Å². The zero-order valence-electron chi connectivity index (χ0n) is 18.1. The van der Waals surface area contributed by atoms with Crippen LogP contribution in [0.15, 0.2) is 30.3 Å². The summed E-state index contributed by atoms with van der Waals surface area (Å²) in [5.41, 5.74) is 11.2. The Morgan fingerprint density at radius 3 is 2.48 bits per heavy atom. The summed E-state index contributed by atoms with van der Waals surface area (Å²) in [6, 6.07) is 9.25. The summed E-state index contributed by atoms with van der Waals surface area (Å²) in [5.74, 6) is -0.957. The van der Waals surface area contributed by atoms with Gasteiger partial charge in [0, 0.05) is 37.7 Å². The quantitative estimate of drug-likeness (QED) is 0.241. The molecule has 5 N–H and O–H groups in total. The molecule has 0 aliphatic carbocycles. The van der Waals surface area contributed by atoms with Crippen LogP contribution >= 0.6 is 24.4 Å². The highest BCUT2D eigenvalue weighted by molar-refractivity contribution is 7.98. The molecule has 1 aromatic carbocycles. The molecule has 0 spiro atoms. The second-order valence-corrected chi connectivity index (χ2v) is 9.42. The average Bonchev–Trinajstić information content (AvgIpc) is 3.31. The van der Waals surface area contributed by atoms with E-state index in [1.165, 1.54) is 11.8 Å². The van der Waals surface area contributed by atoms with Crippen LogP contribution in [0, 0.1) is 0 Å². The SMILES string of the molecule is CSCC[C@@](N)(C(=O)O)C(=O)C(Cc1ccccc1)OC(C[C@H](N)CS)N1CCCC1. The zero-order valence-corrected chi connectivity index (χ0v) is 19.8. The standard InChI is InChI=1S/C22H35N3O4S2/c1-31-12-9-22(24,21(27)28)20(26)18(13-16-7-3-2-4-8-16)29-19(14-17(23)15-30)25-10-5-6-11-25/h2-4,7-8,17-19,30H,5-6,9-15,23-24H2,1H3,(H,27,28)/t17-,18?,19?,22-/m0/s1. The lowest BCUT2D eigenvalue weighted by molar-refractivity contribution is -0.160. The summed E-state index contributed by atoms with van der Waals surface area (Å²) in [5, 5.41) is 9.82. The van der Waals surface area contributed by atoms with Crippen molar-refractivity contribution in [1.82, 2.24) is 4.90 Å². The summed E-state index contributed by atoms with van der Waals surface area (Å²) in [7, 11) is 0. The maximum Gasteiger partial charge on any atom is 0.331 e. The molecule has 7 nitrogen and oxygen atoms in total. The number of carbonyl (C=O) groups is 2. The lowest BCUT2D eigenvalue weighted by atomic mass is 9.86. The van der Waals surface area contributed by atoms with E-state index >= 15 is 0 Å². The first-order valence-corrected chi connectivity index (χ1v) is 12.7. The van der Waals surface area contributed by atoms with Crippen LogP contribution in [0.2, 0.25) is 0 Å². The second kappa shape index (κ2) is 12.8. The van der Waals surface area contributed by atoms with Gasteiger partial charge in [-0.2, -0.15) is 24.4 Å². The highest BCUT2D eigenvalue weighted by atomic mass is 32.2. The van der Waals surface area contributed by atoms with Gasteiger partial charge in [0.25, 0.3) is 0 Å². The van der Waals surface area contributed by atoms with Crippen LogP contribution in [0.5, 0.6) is 0 Å². The fraction of sp³-hybridized carbons (Fsp3) is 0.636. The number of hydrogen-bond acceptors (Lipinski definition) is 8. The fourth-order valence-electron chi connectivity index (χ4n) is 3.76. The van der Waals surface area contributed by atoms with E-state index in [1.807, 2.05) is 36.6 Å². The Hall–Kier alpha value is -1.10. The van der Waals surface area contributed by atoms with Crippen LogP contribution in [-0.4, -0.2) is 76.5 Å². The third-order valence-electron chi connectivity index (χ3n) is 5.69. The van der Waals surface area contributed by atoms with Crippen LogP contribution in [0.25, 0.3) is 0 Å². The largest absolute Gasteiger partial charge is 0.480 e. The molecule has 1 heterocycles. The van der Waals surface area contributed by atoms with Gasteiger partial charge in [0.1, 0.15) is 12.3 Å². The first-order chi connectivity index (χ1) is 14.8. The van der Waals surface area contributed by atoms with Crippen LogP contribution in [0.4, 0.5) is 0 Å². The van der Waals surface area contributed by atoms with Crippen molar-refractivity contribution in [1.29, 1.82) is 0 Å². The molecule has 31 heavy (non-hydrogen) atoms. The number of hydrogen-bond donors (Lipinski definition) is 4. The maximum absolute atomic E-state index is 13.5. The molecule has 0 amide bonds. The third-order valence-corrected chi connectivity index (χ3v) is 6.77. The molecule has 1 aliphatic rings. The van der Waals surface area contributed by atoms with E-state index in [9.17, 15) is 14.7 Å². The number of ether oxygens (including phenoxy) is 1. The van der Waals surface area contributed by atoms with Gasteiger partial charge in [-0.3, -0.25) is 9.69 Å². The minimum Gasteiger partial charge on any atom is -0.480 e. The molecule has 9 heteroatoms. The number of thioether (sulfide) groups is 1. The van der Waals surface area contributed by atoms with Crippen molar-refractivity contribution in [3.8, 4) is 0 Å². The van der Waals surface area contributed by atoms with Crippen molar-refractivity contribution in [2.45, 2.75) is 56.0 Å². The molecule has 174 valence electrons. The van der Waals surface area contributed by atoms with Crippen molar-refractivity contribution >= 4 is 36.1 Å². The normalized spacial score (nSPS) is 19.5. The fourth-order valence-corrected chi connectivity index (χ4v) is 4.44. The van der Waals surface area contributed by atoms with Crippen molar-refractivity contribution in [3.05, 3.63) is 35.9 Å². The topological polar surface area (TPSA) is 119 Å². The lowest BCUT2D eigenvalue weighted by Crippen LogP contribution is -2.60. The Morgan fingerprint density at radius 2 is 1.94 bits per heavy atom. The molecule has 0 radical (unpaired) electrons. The minimum absolute atomic E-state index is 0.0432. The molecular weight excluding hydrogens is 434 g/mol. The molecule has 0 aromatic heterocycles. The molecule has 0 saturated carbocycles. The number of aliphatic carboxylic acids is 1. The maximum atomic E-state index is 13.5. The van der Waals surface area contributed by atoms with Gasteiger partial charge in [-0.25, -0.2) is 4.79 Å². The zero-order chi connectivity index (χ0) is 22.9. The molecule has 2 unspecified atom stereocenters. The van der Waals surface area contributed by atoms with Crippen LogP contribution in [0.3, 0.4) is 0 Å². The number of carboxylic acid groups (broad SMARTS) is 1. The van der Waals surface area contributed by atoms with Crippen molar-refractivity contribution in [2.24, 2.45) is 11.5 Å². The van der Waals surface area contributed by atoms with Crippen molar-refractivity contribution in [3.63, 3.8) is 0 Å². The number of nitrogens with zero attached hydrogens (tertiary/aromatic N) is 1. The molecule has 2 rings (SSSR count). The first-order valence-electron chi connectivity index (χ1n) is 10.7. The van der Waals surface area contributed by atoms with Gasteiger partial charge in [0.2, 0.25) is 0 Å². The number of likely N-dealkylation sites (tertiary alicyclic amines) is 1. The van der Waals surface area contributed by atoms with Crippen LogP contribution in [0.1, 0.15) is 31.2 Å². The number of Topliss-reactive ketones (excluding diaryl/α,β-unsaturated/α-hetero) is 1. The van der Waals surface area contributed by atoms with Gasteiger partial charge in [-0.1, -0.05) is 30.3 Å². The number of nitrogens with two attached hydrogens (primary N) is 2.